The number of hydrogen-bond acceptors (Lipinski definition) is 3. The lowest BCUT2D eigenvalue weighted by Crippen LogP contribution is -2.64. The highest BCUT2D eigenvalue weighted by Crippen LogP contribution is 2.40. The van der Waals surface area contributed by atoms with Gasteiger partial charge in [0.25, 0.3) is 0 Å². The lowest BCUT2D eigenvalue weighted by Gasteiger charge is -2.50. The molecule has 3 N–H and O–H groups in total. The third-order valence-electron chi connectivity index (χ3n) is 3.87. The normalized spacial score (nSPS) is 25.3. The van der Waals surface area contributed by atoms with E-state index in [-0.39, 0.29) is 6.04 Å². The van der Waals surface area contributed by atoms with Crippen LogP contribution in [0.1, 0.15) is 20.3 Å². The van der Waals surface area contributed by atoms with Gasteiger partial charge in [-0.2, -0.15) is 0 Å². The topological polar surface area (TPSA) is 72.2 Å². The van der Waals surface area contributed by atoms with Crippen molar-refractivity contribution in [3.8, 4) is 0 Å². The molecule has 4 nitrogen and oxygen atoms in total. The highest BCUT2D eigenvalue weighted by Gasteiger charge is 2.48. The first-order valence-corrected chi connectivity index (χ1v) is 7.46. The molecule has 1 fully saturated rings. The summed E-state index contributed by atoms with van der Waals surface area (Å²) in [6.45, 7) is 3.51. The third-order valence-corrected chi connectivity index (χ3v) is 5.39. The summed E-state index contributed by atoms with van der Waals surface area (Å²) in [6, 6.07) is -0.0608. The molecule has 1 aromatic carbocycles. The van der Waals surface area contributed by atoms with Gasteiger partial charge in [-0.15, -0.1) is 0 Å². The van der Waals surface area contributed by atoms with Crippen molar-refractivity contribution in [3.05, 3.63) is 29.6 Å². The van der Waals surface area contributed by atoms with E-state index in [1.807, 2.05) is 0 Å². The average Bonchev–Trinajstić information content (AvgIpc) is 2.26. The zero-order valence-electron chi connectivity index (χ0n) is 11.0. The lowest BCUT2D eigenvalue weighted by atomic mass is 9.64. The quantitative estimate of drug-likeness (QED) is 0.889. The van der Waals surface area contributed by atoms with E-state index in [0.29, 0.717) is 18.6 Å². The van der Waals surface area contributed by atoms with Crippen LogP contribution in [0, 0.1) is 22.9 Å². The smallest absolute Gasteiger partial charge is 0.246 e. The minimum Gasteiger partial charge on any atom is -0.327 e. The zero-order chi connectivity index (χ0) is 15.3. The Morgan fingerprint density at radius 3 is 2.15 bits per heavy atom. The third kappa shape index (κ3) is 2.43. The number of nitrogens with two attached hydrogens (primary N) is 1. The van der Waals surface area contributed by atoms with E-state index in [0.717, 1.165) is 0 Å². The number of nitrogens with one attached hydrogen (secondary N) is 1. The Labute approximate surface area is 115 Å². The first kappa shape index (κ1) is 15.3. The average molecular weight is 308 g/mol. The van der Waals surface area contributed by atoms with Gasteiger partial charge in [0.1, 0.15) is 17.5 Å². The van der Waals surface area contributed by atoms with Gasteiger partial charge in [-0.3, -0.25) is 0 Å². The van der Waals surface area contributed by atoms with E-state index in [9.17, 15) is 21.6 Å². The predicted octanol–water partition coefficient (Wildman–Crippen LogP) is 1.51. The van der Waals surface area contributed by atoms with Crippen molar-refractivity contribution in [1.82, 2.24) is 4.72 Å². The van der Waals surface area contributed by atoms with Crippen LogP contribution in [0.25, 0.3) is 0 Å². The summed E-state index contributed by atoms with van der Waals surface area (Å²) in [4.78, 5) is -1.17. The first-order chi connectivity index (χ1) is 9.05. The van der Waals surface area contributed by atoms with E-state index in [4.69, 9.17) is 5.73 Å². The number of benzene rings is 1. The van der Waals surface area contributed by atoms with E-state index in [2.05, 4.69) is 4.72 Å². The molecule has 1 aromatic rings. The standard InChI is InChI=1S/C12H15F3N2O2S/c1-12(2)9(16)5-10(12)17-20(18,19)11-7(14)3-6(13)4-8(11)15/h3-4,9-10,17H,5,16H2,1-2H3. The highest BCUT2D eigenvalue weighted by atomic mass is 32.2. The fourth-order valence-corrected chi connectivity index (χ4v) is 3.71. The molecule has 2 atom stereocenters. The number of hydrogen-bond donors (Lipinski definition) is 2. The molecule has 0 heterocycles. The maximum absolute atomic E-state index is 13.5. The first-order valence-electron chi connectivity index (χ1n) is 5.98. The van der Waals surface area contributed by atoms with Crippen LogP contribution in [-0.4, -0.2) is 20.5 Å². The second-order valence-corrected chi connectivity index (χ2v) is 7.19. The Kier molecular flexibility index (Phi) is 3.60. The second kappa shape index (κ2) is 4.71. The molecule has 112 valence electrons. The van der Waals surface area contributed by atoms with Gasteiger partial charge in [0.2, 0.25) is 10.0 Å². The summed E-state index contributed by atoms with van der Waals surface area (Å²) in [5.74, 6) is -4.10. The van der Waals surface area contributed by atoms with Crippen molar-refractivity contribution in [2.75, 3.05) is 0 Å². The van der Waals surface area contributed by atoms with Gasteiger partial charge in [-0.05, 0) is 11.8 Å². The molecule has 0 radical (unpaired) electrons. The minimum atomic E-state index is -4.42. The van der Waals surface area contributed by atoms with E-state index >= 15 is 0 Å². The van der Waals surface area contributed by atoms with Crippen molar-refractivity contribution in [1.29, 1.82) is 0 Å². The maximum Gasteiger partial charge on any atom is 0.246 e. The molecule has 20 heavy (non-hydrogen) atoms. The fraction of sp³-hybridized carbons (Fsp3) is 0.500. The molecule has 8 heteroatoms. The molecule has 0 amide bonds. The summed E-state index contributed by atoms with van der Waals surface area (Å²) in [5, 5.41) is 0. The van der Waals surface area contributed by atoms with Crippen LogP contribution in [0.5, 0.6) is 0 Å². The summed E-state index contributed by atoms with van der Waals surface area (Å²) in [5.41, 5.74) is 5.24. The van der Waals surface area contributed by atoms with Gasteiger partial charge in [-0.1, -0.05) is 13.8 Å². The van der Waals surface area contributed by atoms with Crippen LogP contribution in [-0.2, 0) is 10.0 Å². The van der Waals surface area contributed by atoms with E-state index in [1.165, 1.54) is 0 Å². The molecular formula is C12H15F3N2O2S. The largest absolute Gasteiger partial charge is 0.327 e. The van der Waals surface area contributed by atoms with Crippen molar-refractivity contribution in [2.45, 2.75) is 37.2 Å². The highest BCUT2D eigenvalue weighted by molar-refractivity contribution is 7.89. The summed E-state index contributed by atoms with van der Waals surface area (Å²) in [7, 11) is -4.42. The molecule has 2 rings (SSSR count). The van der Waals surface area contributed by atoms with Gasteiger partial charge in [0, 0.05) is 24.2 Å². The monoisotopic (exact) mass is 308 g/mol. The number of halogens is 3. The van der Waals surface area contributed by atoms with Crippen LogP contribution in [0.15, 0.2) is 17.0 Å². The van der Waals surface area contributed by atoms with Crippen LogP contribution >= 0.6 is 0 Å². The fourth-order valence-electron chi connectivity index (χ4n) is 2.19. The molecule has 0 bridgehead atoms. The molecule has 2 unspecified atom stereocenters. The Bertz CT molecular complexity index is 623. The predicted molar refractivity (Wildman–Crippen MR) is 66.8 cm³/mol. The Hall–Kier alpha value is -1.12. The lowest BCUT2D eigenvalue weighted by molar-refractivity contribution is 0.0902. The van der Waals surface area contributed by atoms with Gasteiger partial charge in [0.15, 0.2) is 4.90 Å². The maximum atomic E-state index is 13.5. The van der Waals surface area contributed by atoms with Crippen LogP contribution < -0.4 is 10.5 Å². The second-order valence-electron chi connectivity index (χ2n) is 5.54. The molecule has 0 spiro atoms. The zero-order valence-corrected chi connectivity index (χ0v) is 11.8. The van der Waals surface area contributed by atoms with Crippen molar-refractivity contribution in [3.63, 3.8) is 0 Å². The Morgan fingerprint density at radius 1 is 1.25 bits per heavy atom. The Morgan fingerprint density at radius 2 is 1.75 bits per heavy atom. The molecule has 1 saturated carbocycles. The molecule has 1 aliphatic rings. The number of rotatable bonds is 3. The Balaban J connectivity index is 2.33. The van der Waals surface area contributed by atoms with Gasteiger partial charge in [0.05, 0.1) is 0 Å². The van der Waals surface area contributed by atoms with Crippen molar-refractivity contribution < 1.29 is 21.6 Å². The summed E-state index contributed by atoms with van der Waals surface area (Å²) >= 11 is 0. The van der Waals surface area contributed by atoms with Crippen molar-refractivity contribution in [2.24, 2.45) is 11.1 Å². The molecule has 0 aliphatic heterocycles. The minimum absolute atomic E-state index is 0.196. The SMILES string of the molecule is CC1(C)C(N)CC1NS(=O)(=O)c1c(F)cc(F)cc1F. The van der Waals surface area contributed by atoms with Crippen molar-refractivity contribution >= 4 is 10.0 Å². The molecule has 0 aromatic heterocycles. The van der Waals surface area contributed by atoms with Gasteiger partial charge in [-0.25, -0.2) is 26.3 Å². The molecule has 1 aliphatic carbocycles. The van der Waals surface area contributed by atoms with Gasteiger partial charge >= 0.3 is 0 Å². The van der Waals surface area contributed by atoms with Crippen LogP contribution in [0.4, 0.5) is 13.2 Å². The summed E-state index contributed by atoms with van der Waals surface area (Å²) in [6.07, 6.45) is 0.372. The van der Waals surface area contributed by atoms with Crippen LogP contribution in [0.3, 0.4) is 0 Å². The van der Waals surface area contributed by atoms with E-state index < -0.39 is 43.8 Å². The molecule has 0 saturated heterocycles. The summed E-state index contributed by atoms with van der Waals surface area (Å²) < 4.78 is 66.1. The van der Waals surface area contributed by atoms with E-state index in [1.54, 1.807) is 13.8 Å². The molecular weight excluding hydrogens is 293 g/mol. The number of sulfonamides is 1. The van der Waals surface area contributed by atoms with Gasteiger partial charge < -0.3 is 5.73 Å². The van der Waals surface area contributed by atoms with Crippen LogP contribution in [0.2, 0.25) is 0 Å².